The fourth-order valence-corrected chi connectivity index (χ4v) is 2.44. The summed E-state index contributed by atoms with van der Waals surface area (Å²) in [7, 11) is 0. The summed E-state index contributed by atoms with van der Waals surface area (Å²) in [5.74, 6) is -0.532. The number of rotatable bonds is 6. The van der Waals surface area contributed by atoms with E-state index < -0.39 is 0 Å². The van der Waals surface area contributed by atoms with Crippen LogP contribution in [-0.4, -0.2) is 29.1 Å². The Bertz CT molecular complexity index is 700. The van der Waals surface area contributed by atoms with Crippen LogP contribution in [0.1, 0.15) is 39.0 Å². The number of ether oxygens (including phenoxy) is 2. The lowest BCUT2D eigenvalue weighted by Gasteiger charge is -2.08. The number of aromatic nitrogens is 1. The van der Waals surface area contributed by atoms with Crippen molar-refractivity contribution < 1.29 is 19.1 Å². The minimum atomic E-state index is -0.271. The average molecular weight is 317 g/mol. The SMILES string of the molecule is CC(C)OC(=O)Cc1cc2cccc(CC(=O)OC(C)C)c2[nH]1. The van der Waals surface area contributed by atoms with Crippen LogP contribution in [0.3, 0.4) is 0 Å². The minimum absolute atomic E-state index is 0.131. The zero-order chi connectivity index (χ0) is 17.0. The van der Waals surface area contributed by atoms with E-state index in [4.69, 9.17) is 9.47 Å². The van der Waals surface area contributed by atoms with Gasteiger partial charge in [0.1, 0.15) is 0 Å². The van der Waals surface area contributed by atoms with Gasteiger partial charge in [-0.3, -0.25) is 9.59 Å². The van der Waals surface area contributed by atoms with Gasteiger partial charge in [-0.25, -0.2) is 0 Å². The molecule has 0 spiro atoms. The topological polar surface area (TPSA) is 68.4 Å². The Kier molecular flexibility index (Phi) is 5.42. The molecule has 0 aliphatic carbocycles. The number of hydrogen-bond donors (Lipinski definition) is 1. The van der Waals surface area contributed by atoms with Crippen molar-refractivity contribution in [2.75, 3.05) is 0 Å². The van der Waals surface area contributed by atoms with Gasteiger partial charge in [-0.05, 0) is 44.7 Å². The number of carbonyl (C=O) groups is 2. The molecule has 1 aromatic heterocycles. The summed E-state index contributed by atoms with van der Waals surface area (Å²) in [6.45, 7) is 7.29. The molecule has 23 heavy (non-hydrogen) atoms. The van der Waals surface area contributed by atoms with Gasteiger partial charge in [0.15, 0.2) is 0 Å². The van der Waals surface area contributed by atoms with Crippen molar-refractivity contribution in [1.29, 1.82) is 0 Å². The summed E-state index contributed by atoms with van der Waals surface area (Å²) in [5, 5.41) is 0.965. The Balaban J connectivity index is 2.17. The quantitative estimate of drug-likeness (QED) is 0.831. The number of nitrogens with one attached hydrogen (secondary N) is 1. The van der Waals surface area contributed by atoms with Gasteiger partial charge in [-0.15, -0.1) is 0 Å². The Labute approximate surface area is 136 Å². The molecule has 0 fully saturated rings. The first-order valence-electron chi connectivity index (χ1n) is 7.83. The van der Waals surface area contributed by atoms with Crippen molar-refractivity contribution in [3.63, 3.8) is 0 Å². The van der Waals surface area contributed by atoms with E-state index in [0.717, 1.165) is 22.2 Å². The maximum absolute atomic E-state index is 11.9. The molecule has 124 valence electrons. The third-order valence-electron chi connectivity index (χ3n) is 3.20. The molecule has 1 heterocycles. The Hall–Kier alpha value is -2.30. The predicted molar refractivity (Wildman–Crippen MR) is 88.2 cm³/mol. The van der Waals surface area contributed by atoms with Crippen LogP contribution in [-0.2, 0) is 31.9 Å². The average Bonchev–Trinajstić information content (AvgIpc) is 2.79. The van der Waals surface area contributed by atoms with E-state index >= 15 is 0 Å². The third kappa shape index (κ3) is 4.84. The van der Waals surface area contributed by atoms with E-state index in [9.17, 15) is 9.59 Å². The van der Waals surface area contributed by atoms with E-state index in [0.29, 0.717) is 0 Å². The molecular weight excluding hydrogens is 294 g/mol. The van der Waals surface area contributed by atoms with Crippen LogP contribution in [0.2, 0.25) is 0 Å². The van der Waals surface area contributed by atoms with Gasteiger partial charge in [0.05, 0.1) is 25.0 Å². The summed E-state index contributed by atoms with van der Waals surface area (Å²) in [5.41, 5.74) is 2.49. The summed E-state index contributed by atoms with van der Waals surface area (Å²) in [6.07, 6.45) is 0.120. The van der Waals surface area contributed by atoms with Crippen LogP contribution < -0.4 is 0 Å². The predicted octanol–water partition coefficient (Wildman–Crippen LogP) is 3.16. The Morgan fingerprint density at radius 1 is 1.00 bits per heavy atom. The zero-order valence-corrected chi connectivity index (χ0v) is 14.0. The smallest absolute Gasteiger partial charge is 0.312 e. The highest BCUT2D eigenvalue weighted by atomic mass is 16.5. The van der Waals surface area contributed by atoms with Gasteiger partial charge in [0, 0.05) is 11.2 Å². The van der Waals surface area contributed by atoms with Crippen LogP contribution in [0.4, 0.5) is 0 Å². The molecule has 2 aromatic rings. The number of carbonyl (C=O) groups excluding carboxylic acids is 2. The van der Waals surface area contributed by atoms with Gasteiger partial charge in [-0.1, -0.05) is 18.2 Å². The van der Waals surface area contributed by atoms with E-state index in [2.05, 4.69) is 4.98 Å². The first-order chi connectivity index (χ1) is 10.8. The highest BCUT2D eigenvalue weighted by Gasteiger charge is 2.13. The Morgan fingerprint density at radius 2 is 1.61 bits per heavy atom. The number of aromatic amines is 1. The van der Waals surface area contributed by atoms with Crippen molar-refractivity contribution in [1.82, 2.24) is 4.98 Å². The number of para-hydroxylation sites is 1. The van der Waals surface area contributed by atoms with Crippen molar-refractivity contribution in [3.8, 4) is 0 Å². The highest BCUT2D eigenvalue weighted by molar-refractivity contribution is 5.88. The lowest BCUT2D eigenvalue weighted by molar-refractivity contribution is -0.147. The van der Waals surface area contributed by atoms with Gasteiger partial charge in [0.25, 0.3) is 0 Å². The van der Waals surface area contributed by atoms with Crippen LogP contribution >= 0.6 is 0 Å². The normalized spacial score (nSPS) is 11.2. The maximum atomic E-state index is 11.9. The standard InChI is InChI=1S/C18H23NO4/c1-11(2)22-16(20)9-14-7-5-6-13-8-15(19-18(13)14)10-17(21)23-12(3)4/h5-8,11-12,19H,9-10H2,1-4H3. The summed E-state index contributed by atoms with van der Waals surface area (Å²) < 4.78 is 10.3. The summed E-state index contributed by atoms with van der Waals surface area (Å²) in [4.78, 5) is 26.8. The highest BCUT2D eigenvalue weighted by Crippen LogP contribution is 2.21. The number of fused-ring (bicyclic) bond motifs is 1. The number of esters is 2. The molecule has 0 unspecified atom stereocenters. The largest absolute Gasteiger partial charge is 0.463 e. The minimum Gasteiger partial charge on any atom is -0.463 e. The van der Waals surface area contributed by atoms with Gasteiger partial charge in [0.2, 0.25) is 0 Å². The molecule has 0 aliphatic heterocycles. The molecule has 0 saturated heterocycles. The molecular formula is C18H23NO4. The second kappa shape index (κ2) is 7.31. The van der Waals surface area contributed by atoms with Crippen LogP contribution in [0.5, 0.6) is 0 Å². The second-order valence-electron chi connectivity index (χ2n) is 6.11. The molecule has 2 rings (SSSR count). The fraction of sp³-hybridized carbons (Fsp3) is 0.444. The molecule has 5 nitrogen and oxygen atoms in total. The van der Waals surface area contributed by atoms with Gasteiger partial charge in [-0.2, -0.15) is 0 Å². The van der Waals surface area contributed by atoms with Crippen LogP contribution in [0.15, 0.2) is 24.3 Å². The monoisotopic (exact) mass is 317 g/mol. The summed E-state index contributed by atoms with van der Waals surface area (Å²) >= 11 is 0. The lowest BCUT2D eigenvalue weighted by atomic mass is 10.1. The molecule has 0 radical (unpaired) electrons. The van der Waals surface area contributed by atoms with E-state index in [1.165, 1.54) is 0 Å². The molecule has 1 N–H and O–H groups in total. The van der Waals surface area contributed by atoms with Crippen LogP contribution in [0.25, 0.3) is 10.9 Å². The van der Waals surface area contributed by atoms with Crippen molar-refractivity contribution in [2.24, 2.45) is 0 Å². The van der Waals surface area contributed by atoms with Crippen molar-refractivity contribution in [2.45, 2.75) is 52.7 Å². The third-order valence-corrected chi connectivity index (χ3v) is 3.20. The van der Waals surface area contributed by atoms with Gasteiger partial charge >= 0.3 is 11.9 Å². The fourth-order valence-electron chi connectivity index (χ4n) is 2.44. The van der Waals surface area contributed by atoms with E-state index in [-0.39, 0.29) is 37.0 Å². The van der Waals surface area contributed by atoms with Crippen LogP contribution in [0, 0.1) is 0 Å². The summed E-state index contributed by atoms with van der Waals surface area (Å²) in [6, 6.07) is 7.63. The maximum Gasteiger partial charge on any atom is 0.312 e. The number of benzene rings is 1. The van der Waals surface area contributed by atoms with Gasteiger partial charge < -0.3 is 14.5 Å². The second-order valence-corrected chi connectivity index (χ2v) is 6.11. The molecule has 0 atom stereocenters. The molecule has 0 bridgehead atoms. The lowest BCUT2D eigenvalue weighted by Crippen LogP contribution is -2.14. The number of H-pyrrole nitrogens is 1. The molecule has 0 aliphatic rings. The molecule has 1 aromatic carbocycles. The Morgan fingerprint density at radius 3 is 2.22 bits per heavy atom. The van der Waals surface area contributed by atoms with Crippen molar-refractivity contribution in [3.05, 3.63) is 35.5 Å². The molecule has 0 amide bonds. The zero-order valence-electron chi connectivity index (χ0n) is 14.0. The first-order valence-corrected chi connectivity index (χ1v) is 7.83. The van der Waals surface area contributed by atoms with E-state index in [1.54, 1.807) is 0 Å². The molecule has 5 heteroatoms. The first kappa shape index (κ1) is 17.1. The van der Waals surface area contributed by atoms with E-state index in [1.807, 2.05) is 52.0 Å². The molecule has 0 saturated carbocycles. The van der Waals surface area contributed by atoms with Crippen molar-refractivity contribution >= 4 is 22.8 Å². The number of hydrogen-bond acceptors (Lipinski definition) is 4.